The Balaban J connectivity index is 1.33. The van der Waals surface area contributed by atoms with E-state index in [1.54, 1.807) is 26.0 Å². The zero-order valence-corrected chi connectivity index (χ0v) is 34.2. The molecule has 0 saturated carbocycles. The van der Waals surface area contributed by atoms with Gasteiger partial charge in [0.1, 0.15) is 36.1 Å². The minimum atomic E-state index is -1.00. The highest BCUT2D eigenvalue weighted by Gasteiger charge is 2.49. The third-order valence-electron chi connectivity index (χ3n) is 12.8. The topological polar surface area (TPSA) is 66.3 Å². The van der Waals surface area contributed by atoms with Crippen molar-refractivity contribution in [1.82, 2.24) is 0 Å². The van der Waals surface area contributed by atoms with Crippen LogP contribution in [0.3, 0.4) is 0 Å². The van der Waals surface area contributed by atoms with Gasteiger partial charge >= 0.3 is 0 Å². The standard InChI is InChI=1S/C51H47NO5S/c1-5-49(6-2)26-28-50(29-27-49)43-15-11-10-14-39(43)46-41-32-44(55-4)45(58-38-12-8-7-9-13-38)33-42(41)48-40(47(46)50)24-25-51(57-48,34-16-20-36(54-3)21-17-34)35-18-22-37(23-19-35)56-31-30-52-53/h7-26,28,32-33H,5-6,27,29-31H2,1-4H3. The number of ether oxygens (including phenoxy) is 4. The van der Waals surface area contributed by atoms with Crippen LogP contribution < -0.4 is 18.9 Å². The van der Waals surface area contributed by atoms with E-state index in [1.807, 2.05) is 30.3 Å². The first-order chi connectivity index (χ1) is 28.4. The SMILES string of the molecule is CCC1(CC)C=CC2(CC1)c1ccccc1-c1c2c2c(c3cc(Sc4ccccc4)c(OC)cc13)OC(c1ccc(OC)cc1)(c1ccc(OCCN=O)cc1)C=C2. The molecule has 6 aromatic rings. The largest absolute Gasteiger partial charge is 0.497 e. The Hall–Kier alpha value is -5.79. The van der Waals surface area contributed by atoms with Gasteiger partial charge in [-0.05, 0) is 113 Å². The summed E-state index contributed by atoms with van der Waals surface area (Å²) in [4.78, 5) is 12.9. The van der Waals surface area contributed by atoms with Crippen LogP contribution in [0.5, 0.6) is 23.0 Å². The summed E-state index contributed by atoms with van der Waals surface area (Å²) in [6.07, 6.45) is 14.0. The lowest BCUT2D eigenvalue weighted by Crippen LogP contribution is -2.36. The molecule has 58 heavy (non-hydrogen) atoms. The number of rotatable bonds is 12. The lowest BCUT2D eigenvalue weighted by Gasteiger charge is -2.43. The van der Waals surface area contributed by atoms with Gasteiger partial charge in [0.05, 0.1) is 19.1 Å². The highest BCUT2D eigenvalue weighted by atomic mass is 32.2. The first-order valence-electron chi connectivity index (χ1n) is 20.2. The molecule has 0 amide bonds. The molecule has 2 aliphatic carbocycles. The molecule has 1 aliphatic heterocycles. The van der Waals surface area contributed by atoms with Crippen molar-refractivity contribution >= 4 is 28.6 Å². The van der Waals surface area contributed by atoms with Crippen molar-refractivity contribution in [1.29, 1.82) is 0 Å². The number of hydrogen-bond donors (Lipinski definition) is 0. The van der Waals surface area contributed by atoms with E-state index in [1.165, 1.54) is 22.3 Å². The molecule has 0 N–H and O–H groups in total. The van der Waals surface area contributed by atoms with Crippen molar-refractivity contribution in [3.63, 3.8) is 0 Å². The van der Waals surface area contributed by atoms with Gasteiger partial charge in [-0.2, -0.15) is 4.91 Å². The zero-order valence-electron chi connectivity index (χ0n) is 33.4. The molecule has 0 aromatic heterocycles. The van der Waals surface area contributed by atoms with E-state index in [2.05, 4.69) is 128 Å². The Morgan fingerprint density at radius 1 is 0.741 bits per heavy atom. The molecule has 1 heterocycles. The number of benzene rings is 6. The van der Waals surface area contributed by atoms with Gasteiger partial charge in [-0.1, -0.05) is 116 Å². The summed E-state index contributed by atoms with van der Waals surface area (Å²) in [5.41, 5.74) is 7.02. The zero-order chi connectivity index (χ0) is 39.9. The minimum absolute atomic E-state index is 0.0886. The molecule has 0 bridgehead atoms. The molecule has 9 rings (SSSR count). The highest BCUT2D eigenvalue weighted by Crippen LogP contribution is 2.63. The quantitative estimate of drug-likeness (QED) is 0.0699. The van der Waals surface area contributed by atoms with Crippen LogP contribution >= 0.6 is 11.8 Å². The van der Waals surface area contributed by atoms with Crippen LogP contribution in [0.25, 0.3) is 28.0 Å². The lowest BCUT2D eigenvalue weighted by atomic mass is 9.62. The van der Waals surface area contributed by atoms with E-state index in [9.17, 15) is 4.91 Å². The fraction of sp³-hybridized carbons (Fsp3) is 0.255. The predicted molar refractivity (Wildman–Crippen MR) is 235 cm³/mol. The normalized spacial score (nSPS) is 19.6. The van der Waals surface area contributed by atoms with Gasteiger partial charge in [0.2, 0.25) is 0 Å². The Kier molecular flexibility index (Phi) is 9.89. The maximum Gasteiger partial charge on any atom is 0.178 e. The van der Waals surface area contributed by atoms with Crippen LogP contribution in [-0.4, -0.2) is 27.4 Å². The highest BCUT2D eigenvalue weighted by molar-refractivity contribution is 7.99. The summed E-state index contributed by atoms with van der Waals surface area (Å²) < 4.78 is 25.4. The van der Waals surface area contributed by atoms with Gasteiger partial charge in [0, 0.05) is 32.4 Å². The van der Waals surface area contributed by atoms with Crippen LogP contribution in [0.1, 0.15) is 67.3 Å². The van der Waals surface area contributed by atoms with Crippen molar-refractivity contribution < 1.29 is 18.9 Å². The smallest absolute Gasteiger partial charge is 0.178 e. The molecule has 6 aromatic carbocycles. The van der Waals surface area contributed by atoms with Gasteiger partial charge < -0.3 is 18.9 Å². The first-order valence-corrected chi connectivity index (χ1v) is 21.0. The van der Waals surface area contributed by atoms with Gasteiger partial charge in [-0.15, -0.1) is 0 Å². The Morgan fingerprint density at radius 3 is 2.10 bits per heavy atom. The minimum Gasteiger partial charge on any atom is -0.497 e. The van der Waals surface area contributed by atoms with Crippen molar-refractivity contribution in [2.24, 2.45) is 10.6 Å². The maximum absolute atomic E-state index is 10.8. The second-order valence-electron chi connectivity index (χ2n) is 15.5. The van der Waals surface area contributed by atoms with Crippen molar-refractivity contribution in [2.45, 2.75) is 60.3 Å². The van der Waals surface area contributed by atoms with E-state index < -0.39 is 5.60 Å². The summed E-state index contributed by atoms with van der Waals surface area (Å²) in [5, 5.41) is 5.08. The van der Waals surface area contributed by atoms with Gasteiger partial charge in [-0.3, -0.25) is 0 Å². The van der Waals surface area contributed by atoms with Crippen molar-refractivity contribution in [3.8, 4) is 34.1 Å². The first kappa shape index (κ1) is 37.8. The van der Waals surface area contributed by atoms with Gasteiger partial charge in [0.15, 0.2) is 5.60 Å². The van der Waals surface area contributed by atoms with Crippen molar-refractivity contribution in [3.05, 3.63) is 166 Å². The second kappa shape index (κ2) is 15.2. The monoisotopic (exact) mass is 785 g/mol. The van der Waals surface area contributed by atoms with Crippen LogP contribution in [0, 0.1) is 10.3 Å². The molecule has 0 fully saturated rings. The number of nitroso groups, excluding NO2 is 1. The van der Waals surface area contributed by atoms with Gasteiger partial charge in [-0.25, -0.2) is 0 Å². The molecule has 6 nitrogen and oxygen atoms in total. The van der Waals surface area contributed by atoms with Crippen LogP contribution in [0.15, 0.2) is 148 Å². The molecule has 292 valence electrons. The number of hydrogen-bond acceptors (Lipinski definition) is 7. The van der Waals surface area contributed by atoms with Gasteiger partial charge in [0.25, 0.3) is 0 Å². The molecule has 0 radical (unpaired) electrons. The van der Waals surface area contributed by atoms with E-state index in [-0.39, 0.29) is 24.0 Å². The Bertz CT molecular complexity index is 2560. The molecule has 0 saturated heterocycles. The Labute approximate surface area is 344 Å². The molecule has 7 heteroatoms. The van der Waals surface area contributed by atoms with E-state index in [0.717, 1.165) is 80.2 Å². The average molecular weight is 786 g/mol. The molecular weight excluding hydrogens is 739 g/mol. The number of fused-ring (bicyclic) bond motifs is 10. The third kappa shape index (κ3) is 6.10. The second-order valence-corrected chi connectivity index (χ2v) is 16.6. The van der Waals surface area contributed by atoms with E-state index >= 15 is 0 Å². The molecule has 3 aliphatic rings. The number of allylic oxidation sites excluding steroid dienone is 2. The van der Waals surface area contributed by atoms with Crippen LogP contribution in [-0.2, 0) is 11.0 Å². The van der Waals surface area contributed by atoms with E-state index in [4.69, 9.17) is 18.9 Å². The van der Waals surface area contributed by atoms with Crippen LogP contribution in [0.4, 0.5) is 0 Å². The number of nitrogens with zero attached hydrogens (tertiary/aromatic N) is 1. The molecular formula is C51H47NO5S. The fourth-order valence-electron chi connectivity index (χ4n) is 9.49. The summed E-state index contributed by atoms with van der Waals surface area (Å²) in [6, 6.07) is 40.0. The lowest BCUT2D eigenvalue weighted by molar-refractivity contribution is 0.163. The number of methoxy groups -OCH3 is 2. The Morgan fingerprint density at radius 2 is 1.45 bits per heavy atom. The third-order valence-corrected chi connectivity index (χ3v) is 13.9. The molecule has 2 atom stereocenters. The molecule has 2 unspecified atom stereocenters. The predicted octanol–water partition coefficient (Wildman–Crippen LogP) is 12.9. The summed E-state index contributed by atoms with van der Waals surface area (Å²) in [7, 11) is 3.45. The van der Waals surface area contributed by atoms with Crippen LogP contribution in [0.2, 0.25) is 0 Å². The van der Waals surface area contributed by atoms with E-state index in [0.29, 0.717) is 5.75 Å². The summed E-state index contributed by atoms with van der Waals surface area (Å²) >= 11 is 1.69. The summed E-state index contributed by atoms with van der Waals surface area (Å²) in [5.74, 6) is 3.09. The maximum atomic E-state index is 10.8. The average Bonchev–Trinajstić information content (AvgIpc) is 3.57. The van der Waals surface area contributed by atoms with Crippen molar-refractivity contribution in [2.75, 3.05) is 27.4 Å². The molecule has 1 spiro atoms. The summed E-state index contributed by atoms with van der Waals surface area (Å²) in [6.45, 7) is 4.96. The fourth-order valence-corrected chi connectivity index (χ4v) is 10.5.